The lowest BCUT2D eigenvalue weighted by molar-refractivity contribution is -0.156. The number of rotatable bonds is 10. The van der Waals surface area contributed by atoms with Gasteiger partial charge in [0.2, 0.25) is 17.7 Å². The topological polar surface area (TPSA) is 124 Å². The lowest BCUT2D eigenvalue weighted by Gasteiger charge is -2.37. The van der Waals surface area contributed by atoms with Gasteiger partial charge in [0.25, 0.3) is 0 Å². The molecule has 0 aliphatic carbocycles. The lowest BCUT2D eigenvalue weighted by Crippen LogP contribution is -2.59. The van der Waals surface area contributed by atoms with E-state index in [-0.39, 0.29) is 42.8 Å². The molecule has 47 heavy (non-hydrogen) atoms. The zero-order valence-electron chi connectivity index (χ0n) is 29.2. The summed E-state index contributed by atoms with van der Waals surface area (Å²) in [5.41, 5.74) is 3.82. The maximum absolute atomic E-state index is 14.0. The fourth-order valence-corrected chi connectivity index (χ4v) is 6.90. The lowest BCUT2D eigenvalue weighted by atomic mass is 9.85. The minimum Gasteiger partial charge on any atom is -0.459 e. The number of ether oxygens (including phenoxy) is 1. The van der Waals surface area contributed by atoms with Crippen molar-refractivity contribution in [1.29, 1.82) is 0 Å². The third-order valence-corrected chi connectivity index (χ3v) is 9.62. The molecule has 1 aromatic carbocycles. The summed E-state index contributed by atoms with van der Waals surface area (Å²) in [4.78, 5) is 64.1. The Morgan fingerprint density at radius 2 is 1.55 bits per heavy atom. The second-order valence-electron chi connectivity index (χ2n) is 14.8. The summed E-state index contributed by atoms with van der Waals surface area (Å²) >= 11 is 1.60. The first-order valence-corrected chi connectivity index (χ1v) is 17.5. The summed E-state index contributed by atoms with van der Waals surface area (Å²) in [6, 6.07) is 6.52. The number of aryl methyl sites for hydroxylation is 1. The van der Waals surface area contributed by atoms with Crippen molar-refractivity contribution >= 4 is 35.0 Å². The monoisotopic (exact) mass is 668 g/mol. The first kappa shape index (κ1) is 36.5. The predicted molar refractivity (Wildman–Crippen MR) is 184 cm³/mol. The van der Waals surface area contributed by atoms with Crippen molar-refractivity contribution in [3.8, 4) is 10.4 Å². The maximum atomic E-state index is 14.0. The van der Waals surface area contributed by atoms with Crippen molar-refractivity contribution in [3.63, 3.8) is 0 Å². The Balaban J connectivity index is 1.31. The summed E-state index contributed by atoms with van der Waals surface area (Å²) in [7, 11) is 0. The summed E-state index contributed by atoms with van der Waals surface area (Å²) < 4.78 is 5.43. The molecule has 2 N–H and O–H groups in total. The molecule has 258 valence electrons. The van der Waals surface area contributed by atoms with Crippen LogP contribution in [0.3, 0.4) is 0 Å². The van der Waals surface area contributed by atoms with Crippen molar-refractivity contribution < 1.29 is 23.9 Å². The highest BCUT2D eigenvalue weighted by molar-refractivity contribution is 7.13. The molecule has 0 spiro atoms. The molecule has 3 atom stereocenters. The number of nitrogens with one attached hydrogen (secondary N) is 2. The average Bonchev–Trinajstić information content (AvgIpc) is 3.64. The van der Waals surface area contributed by atoms with Gasteiger partial charge >= 0.3 is 5.97 Å². The highest BCUT2D eigenvalue weighted by Crippen LogP contribution is 2.29. The van der Waals surface area contributed by atoms with E-state index in [2.05, 4.69) is 15.6 Å². The predicted octanol–water partition coefficient (Wildman–Crippen LogP) is 3.78. The molecular formula is C35H52N6O5S. The number of nitrogens with zero attached hydrogens (tertiary/aromatic N) is 4. The van der Waals surface area contributed by atoms with E-state index in [4.69, 9.17) is 4.74 Å². The van der Waals surface area contributed by atoms with Crippen LogP contribution in [0.25, 0.3) is 10.4 Å². The van der Waals surface area contributed by atoms with Crippen LogP contribution in [0.2, 0.25) is 0 Å². The van der Waals surface area contributed by atoms with Gasteiger partial charge in [-0.3, -0.25) is 29.0 Å². The highest BCUT2D eigenvalue weighted by Gasteiger charge is 2.42. The fraction of sp³-hybridized carbons (Fsp3) is 0.629. The van der Waals surface area contributed by atoms with E-state index in [0.29, 0.717) is 39.1 Å². The van der Waals surface area contributed by atoms with E-state index >= 15 is 0 Å². The number of carbonyl (C=O) groups is 4. The Hall–Kier alpha value is -3.35. The van der Waals surface area contributed by atoms with E-state index in [1.165, 1.54) is 0 Å². The number of piperazine rings is 1. The maximum Gasteiger partial charge on any atom is 0.320 e. The summed E-state index contributed by atoms with van der Waals surface area (Å²) in [6.07, 6.45) is 1.30. The second-order valence-corrected chi connectivity index (χ2v) is 15.7. The van der Waals surface area contributed by atoms with Gasteiger partial charge < -0.3 is 20.3 Å². The van der Waals surface area contributed by atoms with Crippen LogP contribution in [0.15, 0.2) is 29.8 Å². The van der Waals surface area contributed by atoms with Crippen molar-refractivity contribution in [2.75, 3.05) is 45.8 Å². The number of benzene rings is 1. The highest BCUT2D eigenvalue weighted by atomic mass is 32.1. The van der Waals surface area contributed by atoms with Gasteiger partial charge in [0.05, 0.1) is 35.2 Å². The second kappa shape index (κ2) is 15.3. The van der Waals surface area contributed by atoms with Crippen LogP contribution >= 0.6 is 11.3 Å². The molecule has 2 aromatic rings. The van der Waals surface area contributed by atoms with E-state index in [1.54, 1.807) is 16.2 Å². The van der Waals surface area contributed by atoms with Crippen LogP contribution in [0.1, 0.15) is 78.6 Å². The zero-order chi connectivity index (χ0) is 34.5. The third-order valence-electron chi connectivity index (χ3n) is 8.64. The van der Waals surface area contributed by atoms with Crippen LogP contribution in [-0.4, -0.2) is 107 Å². The molecule has 0 bridgehead atoms. The van der Waals surface area contributed by atoms with Crippen molar-refractivity contribution in [2.24, 2.45) is 5.41 Å². The number of thiazole rings is 1. The van der Waals surface area contributed by atoms with Crippen LogP contribution in [0.5, 0.6) is 0 Å². The van der Waals surface area contributed by atoms with Gasteiger partial charge in [-0.25, -0.2) is 4.98 Å². The first-order chi connectivity index (χ1) is 22.0. The van der Waals surface area contributed by atoms with Gasteiger partial charge in [-0.15, -0.1) is 11.3 Å². The molecule has 0 radical (unpaired) electrons. The molecule has 0 saturated carbocycles. The van der Waals surface area contributed by atoms with Gasteiger partial charge in [-0.05, 0) is 64.0 Å². The molecule has 2 aliphatic heterocycles. The Morgan fingerprint density at radius 3 is 2.11 bits per heavy atom. The Bertz CT molecular complexity index is 1400. The van der Waals surface area contributed by atoms with Crippen LogP contribution in [0.4, 0.5) is 0 Å². The first-order valence-electron chi connectivity index (χ1n) is 16.6. The third kappa shape index (κ3) is 10.1. The molecule has 1 aromatic heterocycles. The number of hydrogen-bond acceptors (Lipinski definition) is 9. The number of carbonyl (C=O) groups excluding carboxylic acids is 4. The van der Waals surface area contributed by atoms with Gasteiger partial charge in [-0.1, -0.05) is 45.0 Å². The minimum atomic E-state index is -0.781. The van der Waals surface area contributed by atoms with Crippen molar-refractivity contribution in [3.05, 3.63) is 41.0 Å². The van der Waals surface area contributed by atoms with E-state index in [1.807, 2.05) is 95.0 Å². The van der Waals surface area contributed by atoms with E-state index in [9.17, 15) is 19.2 Å². The van der Waals surface area contributed by atoms with Gasteiger partial charge in [0, 0.05) is 32.7 Å². The van der Waals surface area contributed by atoms with E-state index in [0.717, 1.165) is 28.1 Å². The molecule has 2 saturated heterocycles. The van der Waals surface area contributed by atoms with Crippen molar-refractivity contribution in [1.82, 2.24) is 30.3 Å². The zero-order valence-corrected chi connectivity index (χ0v) is 30.0. The molecule has 2 fully saturated rings. The number of amides is 3. The molecule has 11 nitrogen and oxygen atoms in total. The molecule has 2 aliphatic rings. The Kier molecular flexibility index (Phi) is 11.8. The summed E-state index contributed by atoms with van der Waals surface area (Å²) in [6.45, 7) is 18.7. The molecule has 12 heteroatoms. The minimum absolute atomic E-state index is 0.156. The van der Waals surface area contributed by atoms with Gasteiger partial charge in [-0.2, -0.15) is 0 Å². The smallest absolute Gasteiger partial charge is 0.320 e. The number of likely N-dealkylation sites (tertiary alicyclic amines) is 1. The number of esters is 1. The molecule has 0 unspecified atom stereocenters. The molecular weight excluding hydrogens is 616 g/mol. The largest absolute Gasteiger partial charge is 0.459 e. The van der Waals surface area contributed by atoms with Crippen LogP contribution in [-0.2, 0) is 23.9 Å². The van der Waals surface area contributed by atoms with Gasteiger partial charge in [0.15, 0.2) is 0 Å². The van der Waals surface area contributed by atoms with Gasteiger partial charge in [0.1, 0.15) is 17.7 Å². The summed E-state index contributed by atoms with van der Waals surface area (Å²) in [5, 5.41) is 6.12. The fourth-order valence-electron chi connectivity index (χ4n) is 6.08. The molecule has 3 heterocycles. The molecule has 4 rings (SSSR count). The molecule has 3 amide bonds. The Morgan fingerprint density at radius 1 is 0.936 bits per heavy atom. The number of aromatic nitrogens is 1. The number of hydrogen-bond donors (Lipinski definition) is 2. The average molecular weight is 669 g/mol. The quantitative estimate of drug-likeness (QED) is 0.367. The SMILES string of the molecule is Cc1ncsc1-c1ccc([C@H](C)NC(=O)[C@@H]2CCCN2C(=O)[C@@H](NC(=O)CN2CCN(CC(=O)OC(C)(C)C)CC2)C(C)(C)C)cc1. The summed E-state index contributed by atoms with van der Waals surface area (Å²) in [5.74, 6) is -0.906. The normalized spacial score (nSPS) is 19.2. The standard InChI is InChI=1S/C35H52N6O5S/c1-23(25-11-13-26(14-12-25)30-24(2)36-22-47-30)37-32(44)27-10-9-15-41(27)33(45)31(34(3,4)5)38-28(42)20-39-16-18-40(19-17-39)21-29(43)46-35(6,7)8/h11-14,22-23,27,31H,9-10,15-21H2,1-8H3,(H,37,44)(H,38,42)/t23-,27-,31+/m0/s1. The van der Waals surface area contributed by atoms with E-state index < -0.39 is 23.1 Å². The Labute approximate surface area is 283 Å². The van der Waals surface area contributed by atoms with Crippen molar-refractivity contribution in [2.45, 2.75) is 92.0 Å². The van der Waals surface area contributed by atoms with Crippen LogP contribution in [0, 0.1) is 12.3 Å². The van der Waals surface area contributed by atoms with Crippen LogP contribution < -0.4 is 10.6 Å².